The number of piperazine rings is 1. The number of hydrogen-bond donors (Lipinski definition) is 1. The third-order valence-corrected chi connectivity index (χ3v) is 5.76. The Morgan fingerprint density at radius 2 is 2.00 bits per heavy atom. The minimum atomic E-state index is -4.68. The summed E-state index contributed by atoms with van der Waals surface area (Å²) in [7, 11) is 2.07. The van der Waals surface area contributed by atoms with Gasteiger partial charge in [-0.2, -0.15) is 13.2 Å². The molecule has 1 aromatic heterocycles. The summed E-state index contributed by atoms with van der Waals surface area (Å²) in [4.78, 5) is 21.7. The summed E-state index contributed by atoms with van der Waals surface area (Å²) in [6.07, 6.45) is -4.68. The normalized spacial score (nSPS) is 16.2. The van der Waals surface area contributed by atoms with Crippen molar-refractivity contribution in [3.8, 4) is 0 Å². The maximum atomic E-state index is 12.7. The van der Waals surface area contributed by atoms with Crippen LogP contribution in [-0.4, -0.2) is 57.3 Å². The van der Waals surface area contributed by atoms with Crippen LogP contribution in [0.5, 0.6) is 0 Å². The highest BCUT2D eigenvalue weighted by atomic mass is 32.2. The summed E-state index contributed by atoms with van der Waals surface area (Å²) in [6, 6.07) is 4.68. The Bertz CT molecular complexity index is 876. The van der Waals surface area contributed by atoms with E-state index in [4.69, 9.17) is 12.2 Å². The Morgan fingerprint density at radius 1 is 1.31 bits per heavy atom. The molecular formula is C16H17F3N4OS2. The standard InChI is InChI=1S/C16H17F3N4OS2/c1-22-4-6-23(7-5-22)15(25)26-9-10-2-3-12-11(8-10)13(24)21-14(20-12)16(17,18)19/h2-3,8H,4-7,9H2,1H3,(H,20,21,24). The summed E-state index contributed by atoms with van der Waals surface area (Å²) in [5.41, 5.74) is 0.0401. The van der Waals surface area contributed by atoms with Crippen LogP contribution in [0.3, 0.4) is 0 Å². The molecule has 140 valence electrons. The molecule has 1 aromatic carbocycles. The lowest BCUT2D eigenvalue weighted by atomic mass is 10.1. The van der Waals surface area contributed by atoms with E-state index in [1.165, 1.54) is 17.8 Å². The lowest BCUT2D eigenvalue weighted by molar-refractivity contribution is -0.144. The third kappa shape index (κ3) is 4.36. The molecule has 1 aliphatic rings. The first-order valence-corrected chi connectivity index (χ1v) is 9.34. The summed E-state index contributed by atoms with van der Waals surface area (Å²) in [5, 5.41) is 0.140. The number of likely N-dealkylation sites (N-methyl/N-ethyl adjacent to an activating group) is 1. The third-order valence-electron chi connectivity index (χ3n) is 4.16. The van der Waals surface area contributed by atoms with Gasteiger partial charge in [-0.1, -0.05) is 30.0 Å². The Kier molecular flexibility index (Phi) is 5.54. The van der Waals surface area contributed by atoms with Crippen molar-refractivity contribution in [1.82, 2.24) is 19.8 Å². The molecule has 0 spiro atoms. The van der Waals surface area contributed by atoms with Crippen LogP contribution in [0.15, 0.2) is 23.0 Å². The highest BCUT2D eigenvalue weighted by molar-refractivity contribution is 8.22. The maximum absolute atomic E-state index is 12.7. The molecule has 1 fully saturated rings. The van der Waals surface area contributed by atoms with Crippen LogP contribution < -0.4 is 5.56 Å². The van der Waals surface area contributed by atoms with Gasteiger partial charge in [0.1, 0.15) is 4.32 Å². The van der Waals surface area contributed by atoms with Gasteiger partial charge >= 0.3 is 6.18 Å². The number of thioether (sulfide) groups is 1. The first-order chi connectivity index (χ1) is 12.2. The molecule has 2 aromatic rings. The number of halogens is 3. The molecule has 0 radical (unpaired) electrons. The largest absolute Gasteiger partial charge is 0.449 e. The van der Waals surface area contributed by atoms with E-state index in [0.29, 0.717) is 5.75 Å². The van der Waals surface area contributed by atoms with Crippen LogP contribution >= 0.6 is 24.0 Å². The number of nitrogens with zero attached hydrogens (tertiary/aromatic N) is 3. The topological polar surface area (TPSA) is 52.2 Å². The van der Waals surface area contributed by atoms with Crippen LogP contribution in [0.1, 0.15) is 11.4 Å². The van der Waals surface area contributed by atoms with E-state index in [1.54, 1.807) is 17.1 Å². The summed E-state index contributed by atoms with van der Waals surface area (Å²) < 4.78 is 39.0. The molecule has 10 heteroatoms. The molecule has 0 saturated carbocycles. The Morgan fingerprint density at radius 3 is 2.65 bits per heavy atom. The summed E-state index contributed by atoms with van der Waals surface area (Å²) in [5.74, 6) is -0.741. The average Bonchev–Trinajstić information content (AvgIpc) is 2.59. The van der Waals surface area contributed by atoms with Gasteiger partial charge in [0.05, 0.1) is 10.9 Å². The smallest absolute Gasteiger partial charge is 0.355 e. The van der Waals surface area contributed by atoms with Crippen LogP contribution in [-0.2, 0) is 11.9 Å². The molecule has 26 heavy (non-hydrogen) atoms. The second-order valence-electron chi connectivity index (χ2n) is 6.11. The first kappa shape index (κ1) is 19.1. The number of benzene rings is 1. The van der Waals surface area contributed by atoms with E-state index in [2.05, 4.69) is 21.8 Å². The number of nitrogens with one attached hydrogen (secondary N) is 1. The molecule has 1 aliphatic heterocycles. The van der Waals surface area contributed by atoms with Crippen molar-refractivity contribution in [3.63, 3.8) is 0 Å². The fourth-order valence-electron chi connectivity index (χ4n) is 2.64. The zero-order valence-corrected chi connectivity index (χ0v) is 15.6. The fourth-order valence-corrected chi connectivity index (χ4v) is 3.83. The van der Waals surface area contributed by atoms with Gasteiger partial charge in [0, 0.05) is 31.9 Å². The second-order valence-corrected chi connectivity index (χ2v) is 7.72. The summed E-state index contributed by atoms with van der Waals surface area (Å²) in [6.45, 7) is 3.67. The van der Waals surface area contributed by atoms with Crippen molar-refractivity contribution in [3.05, 3.63) is 39.9 Å². The number of hydrogen-bond acceptors (Lipinski definition) is 5. The number of rotatable bonds is 2. The van der Waals surface area contributed by atoms with E-state index >= 15 is 0 Å². The van der Waals surface area contributed by atoms with Crippen LogP contribution in [0, 0.1) is 0 Å². The number of alkyl halides is 3. The van der Waals surface area contributed by atoms with Crippen molar-refractivity contribution >= 4 is 39.2 Å². The van der Waals surface area contributed by atoms with Gasteiger partial charge in [-0.05, 0) is 24.7 Å². The lowest BCUT2D eigenvalue weighted by Gasteiger charge is -2.33. The highest BCUT2D eigenvalue weighted by Gasteiger charge is 2.34. The van der Waals surface area contributed by atoms with Gasteiger partial charge in [-0.15, -0.1) is 0 Å². The quantitative estimate of drug-likeness (QED) is 0.780. The number of thiocarbonyl (C=S) groups is 1. The van der Waals surface area contributed by atoms with Gasteiger partial charge in [0.15, 0.2) is 0 Å². The predicted octanol–water partition coefficient (Wildman–Crippen LogP) is 2.71. The van der Waals surface area contributed by atoms with Gasteiger partial charge in [-0.3, -0.25) is 4.79 Å². The number of fused-ring (bicyclic) bond motifs is 1. The van der Waals surface area contributed by atoms with E-state index in [9.17, 15) is 18.0 Å². The van der Waals surface area contributed by atoms with E-state index < -0.39 is 17.6 Å². The average molecular weight is 402 g/mol. The maximum Gasteiger partial charge on any atom is 0.449 e. The Balaban J connectivity index is 1.72. The van der Waals surface area contributed by atoms with Gasteiger partial charge in [-0.25, -0.2) is 4.98 Å². The fraction of sp³-hybridized carbons (Fsp3) is 0.438. The molecule has 3 rings (SSSR count). The van der Waals surface area contributed by atoms with Crippen LogP contribution in [0.4, 0.5) is 13.2 Å². The predicted molar refractivity (Wildman–Crippen MR) is 100 cm³/mol. The van der Waals surface area contributed by atoms with Crippen molar-refractivity contribution in [2.24, 2.45) is 0 Å². The van der Waals surface area contributed by atoms with E-state index in [-0.39, 0.29) is 10.9 Å². The van der Waals surface area contributed by atoms with Gasteiger partial charge in [0.2, 0.25) is 5.82 Å². The number of aromatic nitrogens is 2. The molecule has 0 bridgehead atoms. The van der Waals surface area contributed by atoms with Gasteiger partial charge in [0.25, 0.3) is 5.56 Å². The highest BCUT2D eigenvalue weighted by Crippen LogP contribution is 2.26. The molecule has 0 amide bonds. The van der Waals surface area contributed by atoms with Crippen molar-refractivity contribution in [1.29, 1.82) is 0 Å². The zero-order chi connectivity index (χ0) is 18.9. The van der Waals surface area contributed by atoms with Crippen LogP contribution in [0.2, 0.25) is 0 Å². The molecule has 0 unspecified atom stereocenters. The minimum Gasteiger partial charge on any atom is -0.355 e. The molecule has 2 heterocycles. The van der Waals surface area contributed by atoms with E-state index in [1.807, 2.05) is 0 Å². The first-order valence-electron chi connectivity index (χ1n) is 7.94. The van der Waals surface area contributed by atoms with Crippen molar-refractivity contribution in [2.45, 2.75) is 11.9 Å². The van der Waals surface area contributed by atoms with Crippen LogP contribution in [0.25, 0.3) is 10.9 Å². The zero-order valence-electron chi connectivity index (χ0n) is 14.0. The SMILES string of the molecule is CN1CCN(C(=S)SCc2ccc3nc(C(F)(F)F)[nH]c(=O)c3c2)CC1. The molecule has 1 N–H and O–H groups in total. The Labute approximate surface area is 157 Å². The van der Waals surface area contributed by atoms with E-state index in [0.717, 1.165) is 36.1 Å². The Hall–Kier alpha value is -1.65. The summed E-state index contributed by atoms with van der Waals surface area (Å²) >= 11 is 6.94. The molecular weight excluding hydrogens is 385 g/mol. The number of H-pyrrole nitrogens is 1. The number of aromatic amines is 1. The molecule has 0 atom stereocenters. The van der Waals surface area contributed by atoms with Crippen molar-refractivity contribution < 1.29 is 13.2 Å². The molecule has 5 nitrogen and oxygen atoms in total. The van der Waals surface area contributed by atoms with Crippen molar-refractivity contribution in [2.75, 3.05) is 33.2 Å². The molecule has 0 aliphatic carbocycles. The minimum absolute atomic E-state index is 0.0245. The monoisotopic (exact) mass is 402 g/mol. The van der Waals surface area contributed by atoms with Gasteiger partial charge < -0.3 is 14.8 Å². The second kappa shape index (κ2) is 7.53. The molecule has 1 saturated heterocycles. The lowest BCUT2D eigenvalue weighted by Crippen LogP contribution is -2.45.